The van der Waals surface area contributed by atoms with E-state index in [2.05, 4.69) is 6.92 Å². The Morgan fingerprint density at radius 2 is 1.35 bits per heavy atom. The van der Waals surface area contributed by atoms with E-state index in [0.29, 0.717) is 6.42 Å². The Balaban J connectivity index is 0. The van der Waals surface area contributed by atoms with Crippen LogP contribution in [0.2, 0.25) is 0 Å². The van der Waals surface area contributed by atoms with Gasteiger partial charge in [0.25, 0.3) is 0 Å². The zero-order chi connectivity index (χ0) is 13.9. The van der Waals surface area contributed by atoms with Gasteiger partial charge in [-0.15, -0.1) is 0 Å². The van der Waals surface area contributed by atoms with Crippen molar-refractivity contribution in [2.45, 2.75) is 66.2 Å². The monoisotopic (exact) mass is 246 g/mol. The number of hydrogen-bond acceptors (Lipinski definition) is 2. The number of carbonyl (C=O) groups is 2. The van der Waals surface area contributed by atoms with Gasteiger partial charge in [-0.25, -0.2) is 0 Å². The van der Waals surface area contributed by atoms with Crippen LogP contribution in [0.4, 0.5) is 0 Å². The Morgan fingerprint density at radius 3 is 1.65 bits per heavy atom. The fourth-order valence-corrected chi connectivity index (χ4v) is 0.880. The van der Waals surface area contributed by atoms with Crippen LogP contribution in [-0.2, 0) is 9.59 Å². The molecule has 0 aliphatic rings. The first-order valence-electron chi connectivity index (χ1n) is 6.17. The van der Waals surface area contributed by atoms with Crippen molar-refractivity contribution in [3.8, 4) is 0 Å². The summed E-state index contributed by atoms with van der Waals surface area (Å²) in [6.45, 7) is 7.14. The van der Waals surface area contributed by atoms with Crippen LogP contribution < -0.4 is 0 Å². The Bertz CT molecular complexity index is 216. The molecule has 0 radical (unpaired) electrons. The minimum Gasteiger partial charge on any atom is -0.481 e. The second-order valence-electron chi connectivity index (χ2n) is 5.11. The van der Waals surface area contributed by atoms with Gasteiger partial charge in [-0.2, -0.15) is 0 Å². The summed E-state index contributed by atoms with van der Waals surface area (Å²) < 4.78 is 0. The van der Waals surface area contributed by atoms with Crippen LogP contribution in [-0.4, -0.2) is 22.2 Å². The molecular formula is C13H26O4. The highest BCUT2D eigenvalue weighted by Gasteiger charge is 2.18. The highest BCUT2D eigenvalue weighted by molar-refractivity contribution is 5.72. The third-order valence-corrected chi connectivity index (χ3v) is 2.14. The molecule has 0 atom stereocenters. The summed E-state index contributed by atoms with van der Waals surface area (Å²) in [6.07, 6.45) is 5.88. The first-order valence-corrected chi connectivity index (χ1v) is 6.17. The zero-order valence-electron chi connectivity index (χ0n) is 11.5. The van der Waals surface area contributed by atoms with Crippen molar-refractivity contribution in [1.29, 1.82) is 0 Å². The molecule has 4 heteroatoms. The summed E-state index contributed by atoms with van der Waals surface area (Å²) in [6, 6.07) is 0. The lowest BCUT2D eigenvalue weighted by Gasteiger charge is -2.08. The van der Waals surface area contributed by atoms with Gasteiger partial charge >= 0.3 is 11.9 Å². The van der Waals surface area contributed by atoms with Crippen molar-refractivity contribution in [2.24, 2.45) is 5.41 Å². The van der Waals surface area contributed by atoms with E-state index in [1.165, 1.54) is 19.3 Å². The lowest BCUT2D eigenvalue weighted by Crippen LogP contribution is -2.18. The fraction of sp³-hybridized carbons (Fsp3) is 0.846. The van der Waals surface area contributed by atoms with E-state index in [1.807, 2.05) is 0 Å². The summed E-state index contributed by atoms with van der Waals surface area (Å²) in [4.78, 5) is 20.1. The predicted octanol–water partition coefficient (Wildman–Crippen LogP) is 3.55. The van der Waals surface area contributed by atoms with Crippen molar-refractivity contribution in [3.05, 3.63) is 0 Å². The minimum atomic E-state index is -0.757. The number of carboxylic acid groups (broad SMARTS) is 2. The molecule has 0 heterocycles. The lowest BCUT2D eigenvalue weighted by molar-refractivity contribution is -0.145. The van der Waals surface area contributed by atoms with E-state index in [0.717, 1.165) is 12.8 Å². The first-order chi connectivity index (χ1) is 7.71. The van der Waals surface area contributed by atoms with Crippen LogP contribution >= 0.6 is 0 Å². The Hall–Kier alpha value is -1.06. The van der Waals surface area contributed by atoms with Crippen LogP contribution in [0.25, 0.3) is 0 Å². The average molecular weight is 246 g/mol. The molecule has 0 rings (SSSR count). The smallest absolute Gasteiger partial charge is 0.308 e. The van der Waals surface area contributed by atoms with Crippen molar-refractivity contribution >= 4 is 11.9 Å². The molecule has 0 aliphatic heterocycles. The molecule has 0 aliphatic carbocycles. The van der Waals surface area contributed by atoms with E-state index >= 15 is 0 Å². The van der Waals surface area contributed by atoms with Crippen molar-refractivity contribution < 1.29 is 19.8 Å². The fourth-order valence-electron chi connectivity index (χ4n) is 0.880. The Morgan fingerprint density at radius 1 is 0.941 bits per heavy atom. The molecule has 0 aromatic rings. The molecule has 0 aromatic heterocycles. The van der Waals surface area contributed by atoms with Crippen molar-refractivity contribution in [3.63, 3.8) is 0 Å². The largest absolute Gasteiger partial charge is 0.481 e. The summed E-state index contributed by atoms with van der Waals surface area (Å²) >= 11 is 0. The molecule has 4 nitrogen and oxygen atoms in total. The van der Waals surface area contributed by atoms with Crippen LogP contribution in [0.5, 0.6) is 0 Å². The molecule has 0 fully saturated rings. The minimum absolute atomic E-state index is 0.337. The normalized spacial score (nSPS) is 10.4. The Labute approximate surface area is 104 Å². The van der Waals surface area contributed by atoms with E-state index in [4.69, 9.17) is 10.2 Å². The lowest BCUT2D eigenvalue weighted by atomic mass is 9.98. The van der Waals surface area contributed by atoms with Crippen LogP contribution in [0, 0.1) is 5.41 Å². The highest BCUT2D eigenvalue weighted by Crippen LogP contribution is 2.11. The van der Waals surface area contributed by atoms with Gasteiger partial charge < -0.3 is 10.2 Å². The molecule has 0 saturated heterocycles. The third-order valence-electron chi connectivity index (χ3n) is 2.14. The zero-order valence-corrected chi connectivity index (χ0v) is 11.5. The first kappa shape index (κ1) is 18.3. The summed E-state index contributed by atoms with van der Waals surface area (Å²) in [5.41, 5.74) is -0.583. The maximum absolute atomic E-state index is 10.0. The molecule has 0 saturated carbocycles. The number of rotatable bonds is 6. The van der Waals surface area contributed by atoms with Gasteiger partial charge in [0.05, 0.1) is 5.41 Å². The van der Waals surface area contributed by atoms with Gasteiger partial charge in [-0.3, -0.25) is 9.59 Å². The molecule has 102 valence electrons. The van der Waals surface area contributed by atoms with E-state index in [-0.39, 0.29) is 0 Å². The van der Waals surface area contributed by atoms with Crippen LogP contribution in [0.1, 0.15) is 66.2 Å². The van der Waals surface area contributed by atoms with Gasteiger partial charge in [0.15, 0.2) is 0 Å². The van der Waals surface area contributed by atoms with Crippen molar-refractivity contribution in [1.82, 2.24) is 0 Å². The maximum atomic E-state index is 10.0. The second kappa shape index (κ2) is 10.1. The maximum Gasteiger partial charge on any atom is 0.308 e. The van der Waals surface area contributed by atoms with Gasteiger partial charge in [-0.05, 0) is 27.2 Å². The molecule has 0 amide bonds. The molecular weight excluding hydrogens is 220 g/mol. The molecule has 0 unspecified atom stereocenters. The van der Waals surface area contributed by atoms with Gasteiger partial charge in [0, 0.05) is 6.42 Å². The Kier molecular flexibility index (Phi) is 10.9. The number of hydrogen-bond donors (Lipinski definition) is 2. The topological polar surface area (TPSA) is 74.6 Å². The summed E-state index contributed by atoms with van der Waals surface area (Å²) in [5.74, 6) is -1.43. The molecule has 0 bridgehead atoms. The van der Waals surface area contributed by atoms with Crippen LogP contribution in [0.15, 0.2) is 0 Å². The highest BCUT2D eigenvalue weighted by atomic mass is 16.4. The molecule has 2 N–H and O–H groups in total. The average Bonchev–Trinajstić information content (AvgIpc) is 2.16. The van der Waals surface area contributed by atoms with Gasteiger partial charge in [0.1, 0.15) is 0 Å². The predicted molar refractivity (Wildman–Crippen MR) is 68.1 cm³/mol. The molecule has 0 spiro atoms. The second-order valence-corrected chi connectivity index (χ2v) is 5.11. The van der Waals surface area contributed by atoms with E-state index in [1.54, 1.807) is 20.8 Å². The van der Waals surface area contributed by atoms with Crippen molar-refractivity contribution in [2.75, 3.05) is 0 Å². The van der Waals surface area contributed by atoms with Gasteiger partial charge in [-0.1, -0.05) is 32.6 Å². The van der Waals surface area contributed by atoms with E-state index in [9.17, 15) is 9.59 Å². The SMILES string of the molecule is CC(C)(C)C(=O)O.CCCCCCCC(=O)O. The molecule has 17 heavy (non-hydrogen) atoms. The number of aliphatic carboxylic acids is 2. The summed E-state index contributed by atoms with van der Waals surface area (Å²) in [7, 11) is 0. The number of carboxylic acids is 2. The standard InChI is InChI=1S/C8H16O2.C5H10O2/c1-2-3-4-5-6-7-8(9)10;1-5(2,3)4(6)7/h2-7H2,1H3,(H,9,10);1-3H3,(H,6,7). The third kappa shape index (κ3) is 17.5. The summed E-state index contributed by atoms with van der Waals surface area (Å²) in [5, 5.41) is 16.5. The van der Waals surface area contributed by atoms with E-state index < -0.39 is 17.4 Å². The van der Waals surface area contributed by atoms with Gasteiger partial charge in [0.2, 0.25) is 0 Å². The molecule has 0 aromatic carbocycles. The quantitative estimate of drug-likeness (QED) is 0.703. The van der Waals surface area contributed by atoms with Crippen LogP contribution in [0.3, 0.4) is 0 Å². The number of unbranched alkanes of at least 4 members (excludes halogenated alkanes) is 4.